The second-order valence-corrected chi connectivity index (χ2v) is 6.11. The first-order valence-electron chi connectivity index (χ1n) is 8.54. The van der Waals surface area contributed by atoms with E-state index in [1.807, 2.05) is 4.90 Å². The van der Waals surface area contributed by atoms with E-state index in [9.17, 15) is 14.0 Å². The third kappa shape index (κ3) is 5.42. The highest BCUT2D eigenvalue weighted by Crippen LogP contribution is 2.20. The number of halogens is 1. The van der Waals surface area contributed by atoms with Crippen molar-refractivity contribution in [1.29, 1.82) is 0 Å². The Morgan fingerprint density at radius 1 is 1.20 bits per heavy atom. The lowest BCUT2D eigenvalue weighted by atomic mass is 10.2. The predicted molar refractivity (Wildman–Crippen MR) is 93.9 cm³/mol. The molecule has 1 fully saturated rings. The molecule has 1 saturated heterocycles. The van der Waals surface area contributed by atoms with Crippen molar-refractivity contribution in [3.8, 4) is 0 Å². The van der Waals surface area contributed by atoms with Crippen molar-refractivity contribution in [2.24, 2.45) is 0 Å². The second kappa shape index (κ2) is 9.36. The van der Waals surface area contributed by atoms with Crippen molar-refractivity contribution in [2.45, 2.75) is 13.3 Å². The molecule has 0 saturated carbocycles. The summed E-state index contributed by atoms with van der Waals surface area (Å²) < 4.78 is 18.8. The molecule has 0 aromatic heterocycles. The Labute approximate surface area is 148 Å². The van der Waals surface area contributed by atoms with E-state index in [1.54, 1.807) is 35.1 Å². The van der Waals surface area contributed by atoms with Crippen LogP contribution in [-0.4, -0.2) is 74.6 Å². The maximum atomic E-state index is 13.9. The molecule has 0 bridgehead atoms. The molecule has 0 atom stereocenters. The number of para-hydroxylation sites is 1. The van der Waals surface area contributed by atoms with E-state index in [0.29, 0.717) is 51.4 Å². The molecular weight excluding hydrogens is 325 g/mol. The van der Waals surface area contributed by atoms with Gasteiger partial charge < -0.3 is 19.4 Å². The Balaban J connectivity index is 1.85. The van der Waals surface area contributed by atoms with Crippen LogP contribution in [0.1, 0.15) is 13.3 Å². The molecule has 6 nitrogen and oxygen atoms in total. The Kier molecular flexibility index (Phi) is 7.18. The number of carbonyl (C=O) groups is 2. The van der Waals surface area contributed by atoms with Gasteiger partial charge in [0.2, 0.25) is 11.8 Å². The van der Waals surface area contributed by atoms with Gasteiger partial charge in [-0.05, 0) is 18.6 Å². The Bertz CT molecular complexity index is 589. The van der Waals surface area contributed by atoms with Crippen LogP contribution in [0.25, 0.3) is 0 Å². The van der Waals surface area contributed by atoms with Crippen LogP contribution in [0.2, 0.25) is 0 Å². The van der Waals surface area contributed by atoms with Crippen LogP contribution in [0, 0.1) is 5.82 Å². The van der Waals surface area contributed by atoms with E-state index in [0.717, 1.165) is 0 Å². The quantitative estimate of drug-likeness (QED) is 0.696. The van der Waals surface area contributed by atoms with Crippen LogP contribution < -0.4 is 4.90 Å². The zero-order chi connectivity index (χ0) is 18.2. The van der Waals surface area contributed by atoms with Crippen molar-refractivity contribution in [1.82, 2.24) is 9.80 Å². The van der Waals surface area contributed by atoms with Crippen molar-refractivity contribution in [2.75, 3.05) is 57.9 Å². The fourth-order valence-electron chi connectivity index (χ4n) is 2.92. The molecule has 1 aliphatic heterocycles. The van der Waals surface area contributed by atoms with E-state index >= 15 is 0 Å². The highest BCUT2D eigenvalue weighted by Gasteiger charge is 2.24. The lowest BCUT2D eigenvalue weighted by Gasteiger charge is -2.37. The maximum absolute atomic E-state index is 13.9. The normalized spacial score (nSPS) is 14.5. The van der Waals surface area contributed by atoms with Gasteiger partial charge in [0.1, 0.15) is 5.82 Å². The van der Waals surface area contributed by atoms with Crippen molar-refractivity contribution < 1.29 is 18.7 Å². The number of methoxy groups -OCH3 is 1. The first-order chi connectivity index (χ1) is 12.0. The van der Waals surface area contributed by atoms with Crippen molar-refractivity contribution >= 4 is 17.5 Å². The standard InChI is InChI=1S/C18H26FN3O3/c1-15(23)22(8-5-13-25-2)14-18(24)21-11-9-20(10-12-21)17-7-4-3-6-16(17)19/h3-4,6-7H,5,8-14H2,1-2H3. The summed E-state index contributed by atoms with van der Waals surface area (Å²) in [6.45, 7) is 4.82. The van der Waals surface area contributed by atoms with Crippen LogP contribution in [0.5, 0.6) is 0 Å². The van der Waals surface area contributed by atoms with Crippen LogP contribution in [-0.2, 0) is 14.3 Å². The molecule has 1 aromatic rings. The molecule has 0 N–H and O–H groups in total. The molecule has 0 aliphatic carbocycles. The van der Waals surface area contributed by atoms with Gasteiger partial charge in [-0.1, -0.05) is 12.1 Å². The Morgan fingerprint density at radius 2 is 1.88 bits per heavy atom. The molecule has 25 heavy (non-hydrogen) atoms. The summed E-state index contributed by atoms with van der Waals surface area (Å²) >= 11 is 0. The number of nitrogens with zero attached hydrogens (tertiary/aromatic N) is 3. The van der Waals surface area contributed by atoms with Gasteiger partial charge in [0.15, 0.2) is 0 Å². The minimum atomic E-state index is -0.247. The summed E-state index contributed by atoms with van der Waals surface area (Å²) in [7, 11) is 1.61. The summed E-state index contributed by atoms with van der Waals surface area (Å²) in [5.41, 5.74) is 0.569. The van der Waals surface area contributed by atoms with Gasteiger partial charge in [-0.15, -0.1) is 0 Å². The minimum Gasteiger partial charge on any atom is -0.385 e. The number of rotatable bonds is 7. The number of anilines is 1. The number of ether oxygens (including phenoxy) is 1. The number of carbonyl (C=O) groups excluding carboxylic acids is 2. The van der Waals surface area contributed by atoms with Gasteiger partial charge in [-0.25, -0.2) is 4.39 Å². The summed E-state index contributed by atoms with van der Waals surface area (Å²) in [6, 6.07) is 6.66. The zero-order valence-electron chi connectivity index (χ0n) is 14.9. The summed E-state index contributed by atoms with van der Waals surface area (Å²) in [5.74, 6) is -0.432. The van der Waals surface area contributed by atoms with Gasteiger partial charge in [0.25, 0.3) is 0 Å². The lowest BCUT2D eigenvalue weighted by Crippen LogP contribution is -2.52. The third-order valence-electron chi connectivity index (χ3n) is 4.37. The molecular formula is C18H26FN3O3. The lowest BCUT2D eigenvalue weighted by molar-refractivity contribution is -0.139. The number of amides is 2. The molecule has 1 heterocycles. The molecule has 0 unspecified atom stereocenters. The largest absolute Gasteiger partial charge is 0.385 e. The maximum Gasteiger partial charge on any atom is 0.242 e. The smallest absolute Gasteiger partial charge is 0.242 e. The van der Waals surface area contributed by atoms with Gasteiger partial charge in [-0.3, -0.25) is 9.59 Å². The van der Waals surface area contributed by atoms with Crippen LogP contribution in [0.3, 0.4) is 0 Å². The first-order valence-corrected chi connectivity index (χ1v) is 8.54. The van der Waals surface area contributed by atoms with Gasteiger partial charge in [0, 0.05) is 53.4 Å². The monoisotopic (exact) mass is 351 g/mol. The highest BCUT2D eigenvalue weighted by molar-refractivity contribution is 5.84. The van der Waals surface area contributed by atoms with Gasteiger partial charge in [-0.2, -0.15) is 0 Å². The second-order valence-electron chi connectivity index (χ2n) is 6.11. The summed E-state index contributed by atoms with van der Waals surface area (Å²) in [4.78, 5) is 29.4. The van der Waals surface area contributed by atoms with E-state index in [2.05, 4.69) is 0 Å². The third-order valence-corrected chi connectivity index (χ3v) is 4.37. The topological polar surface area (TPSA) is 53.1 Å². The molecule has 2 amide bonds. The van der Waals surface area contributed by atoms with E-state index in [4.69, 9.17) is 4.74 Å². The van der Waals surface area contributed by atoms with Gasteiger partial charge in [0.05, 0.1) is 12.2 Å². The Hall–Kier alpha value is -2.15. The molecule has 0 spiro atoms. The number of hydrogen-bond acceptors (Lipinski definition) is 4. The highest BCUT2D eigenvalue weighted by atomic mass is 19.1. The molecule has 1 aromatic carbocycles. The number of benzene rings is 1. The fraction of sp³-hybridized carbons (Fsp3) is 0.556. The van der Waals surface area contributed by atoms with Crippen LogP contribution >= 0.6 is 0 Å². The van der Waals surface area contributed by atoms with E-state index in [1.165, 1.54) is 13.0 Å². The minimum absolute atomic E-state index is 0.0687. The summed E-state index contributed by atoms with van der Waals surface area (Å²) in [5, 5.41) is 0. The average Bonchev–Trinajstić information content (AvgIpc) is 2.61. The van der Waals surface area contributed by atoms with Crippen molar-refractivity contribution in [3.05, 3.63) is 30.1 Å². The summed E-state index contributed by atoms with van der Waals surface area (Å²) in [6.07, 6.45) is 0.699. The molecule has 7 heteroatoms. The fourth-order valence-corrected chi connectivity index (χ4v) is 2.92. The SMILES string of the molecule is COCCCN(CC(=O)N1CCN(c2ccccc2F)CC1)C(C)=O. The molecule has 1 aliphatic rings. The molecule has 138 valence electrons. The Morgan fingerprint density at radius 3 is 2.48 bits per heavy atom. The van der Waals surface area contributed by atoms with Crippen LogP contribution in [0.4, 0.5) is 10.1 Å². The number of hydrogen-bond donors (Lipinski definition) is 0. The van der Waals surface area contributed by atoms with Gasteiger partial charge >= 0.3 is 0 Å². The zero-order valence-corrected chi connectivity index (χ0v) is 14.9. The predicted octanol–water partition coefficient (Wildman–Crippen LogP) is 1.36. The van der Waals surface area contributed by atoms with Crippen molar-refractivity contribution in [3.63, 3.8) is 0 Å². The molecule has 0 radical (unpaired) electrons. The van der Waals surface area contributed by atoms with E-state index in [-0.39, 0.29) is 24.2 Å². The first kappa shape index (κ1) is 19.2. The number of piperazine rings is 1. The average molecular weight is 351 g/mol. The van der Waals surface area contributed by atoms with Crippen LogP contribution in [0.15, 0.2) is 24.3 Å². The van der Waals surface area contributed by atoms with E-state index < -0.39 is 0 Å². The molecule has 2 rings (SSSR count).